The van der Waals surface area contributed by atoms with Crippen molar-refractivity contribution in [2.75, 3.05) is 13.7 Å². The van der Waals surface area contributed by atoms with Gasteiger partial charge in [0.05, 0.1) is 19.2 Å². The van der Waals surface area contributed by atoms with Crippen LogP contribution in [-0.4, -0.2) is 42.4 Å². The number of carbonyl (C=O) groups is 1. The van der Waals surface area contributed by atoms with Gasteiger partial charge in [0.1, 0.15) is 24.2 Å². The third-order valence-corrected chi connectivity index (χ3v) is 3.73. The molecule has 0 aromatic carbocycles. The van der Waals surface area contributed by atoms with E-state index in [9.17, 15) is 14.7 Å². The Bertz CT molecular complexity index is 714. The number of aliphatic hydroxyl groups excluding tert-OH is 1. The van der Waals surface area contributed by atoms with E-state index in [0.717, 1.165) is 6.42 Å². The van der Waals surface area contributed by atoms with Crippen molar-refractivity contribution < 1.29 is 23.8 Å². The number of nitrogens with one attached hydrogen (secondary N) is 1. The van der Waals surface area contributed by atoms with Gasteiger partial charge in [0.15, 0.2) is 0 Å². The third-order valence-electron chi connectivity index (χ3n) is 3.73. The van der Waals surface area contributed by atoms with Crippen molar-refractivity contribution in [1.29, 1.82) is 0 Å². The van der Waals surface area contributed by atoms with Crippen LogP contribution in [0.25, 0.3) is 0 Å². The molecule has 9 nitrogen and oxygen atoms in total. The third kappa shape index (κ3) is 4.37. The fourth-order valence-corrected chi connectivity index (χ4v) is 2.40. The topological polar surface area (TPSA) is 136 Å². The summed E-state index contributed by atoms with van der Waals surface area (Å²) in [5, 5.41) is 12.2. The van der Waals surface area contributed by atoms with Crippen LogP contribution in [-0.2, 0) is 9.53 Å². The zero-order chi connectivity index (χ0) is 18.6. The number of amides is 1. The number of hydrogen-bond donors (Lipinski definition) is 3. The number of hydrogen-bond acceptors (Lipinski definition) is 8. The van der Waals surface area contributed by atoms with E-state index in [-0.39, 0.29) is 18.3 Å². The Hall–Kier alpha value is -2.39. The van der Waals surface area contributed by atoms with Gasteiger partial charge in [0.25, 0.3) is 5.91 Å². The van der Waals surface area contributed by atoms with Crippen LogP contribution in [0.15, 0.2) is 26.3 Å². The second-order valence-electron chi connectivity index (χ2n) is 5.87. The molecule has 1 aliphatic heterocycles. The van der Waals surface area contributed by atoms with E-state index < -0.39 is 29.3 Å². The molecular formula is C16H23N3O6. The second kappa shape index (κ2) is 7.66. The molecule has 3 atom stereocenters. The van der Waals surface area contributed by atoms with Crippen molar-refractivity contribution >= 4 is 11.8 Å². The zero-order valence-corrected chi connectivity index (χ0v) is 14.4. The molecule has 2 rings (SSSR count). The average molecular weight is 353 g/mol. The maximum Gasteiger partial charge on any atom is 0.339 e. The molecule has 0 spiro atoms. The zero-order valence-electron chi connectivity index (χ0n) is 14.4. The quantitative estimate of drug-likeness (QED) is 0.631. The summed E-state index contributed by atoms with van der Waals surface area (Å²) in [6, 6.07) is 2.18. The van der Waals surface area contributed by atoms with Crippen LogP contribution in [0.4, 0.5) is 0 Å². The van der Waals surface area contributed by atoms with Crippen LogP contribution in [0.1, 0.15) is 38.5 Å². The molecule has 25 heavy (non-hydrogen) atoms. The highest BCUT2D eigenvalue weighted by Gasteiger charge is 2.42. The van der Waals surface area contributed by atoms with Crippen LogP contribution >= 0.6 is 0 Å². The van der Waals surface area contributed by atoms with Crippen LogP contribution in [0, 0.1) is 0 Å². The number of aliphatic imine (C=N–C) groups is 1. The van der Waals surface area contributed by atoms with Crippen molar-refractivity contribution in [3.8, 4) is 5.75 Å². The van der Waals surface area contributed by atoms with Gasteiger partial charge in [-0.3, -0.25) is 10.5 Å². The molecular weight excluding hydrogens is 330 g/mol. The molecule has 0 bridgehead atoms. The molecule has 9 heteroatoms. The summed E-state index contributed by atoms with van der Waals surface area (Å²) in [4.78, 5) is 28.2. The molecule has 1 aromatic heterocycles. The number of carbonyl (C=O) groups excluding carboxylic acids is 1. The van der Waals surface area contributed by atoms with Crippen molar-refractivity contribution in [3.05, 3.63) is 28.3 Å². The first kappa shape index (κ1) is 18.9. The fraction of sp³-hybridized carbons (Fsp3) is 0.562. The highest BCUT2D eigenvalue weighted by molar-refractivity contribution is 5.93. The largest absolute Gasteiger partial charge is 0.496 e. The molecule has 1 amide bonds. The Kier molecular flexibility index (Phi) is 5.81. The lowest BCUT2D eigenvalue weighted by atomic mass is 10.1. The monoisotopic (exact) mass is 353 g/mol. The standard InChI is InChI=1S/C16H23N3O6/c1-4-5-11(12-6-10(23-3)7-13(21)25-12)18-15(22)16(17)8-24-14(19-16)9(2)20/h6-7,9,11,20H,4-5,8,17H2,1-3H3,(H,18,22)/t9?,11-,16+/m1/s1. The van der Waals surface area contributed by atoms with Gasteiger partial charge in [-0.2, -0.15) is 0 Å². The highest BCUT2D eigenvalue weighted by Crippen LogP contribution is 2.23. The highest BCUT2D eigenvalue weighted by atomic mass is 16.5. The molecule has 0 saturated carbocycles. The molecule has 0 saturated heterocycles. The van der Waals surface area contributed by atoms with Crippen molar-refractivity contribution in [2.45, 2.75) is 44.5 Å². The summed E-state index contributed by atoms with van der Waals surface area (Å²) in [6.45, 7) is 3.21. The first-order valence-electron chi connectivity index (χ1n) is 7.98. The van der Waals surface area contributed by atoms with Gasteiger partial charge in [0, 0.05) is 6.07 Å². The van der Waals surface area contributed by atoms with E-state index in [2.05, 4.69) is 10.3 Å². The lowest BCUT2D eigenvalue weighted by Crippen LogP contribution is -2.54. The molecule has 1 unspecified atom stereocenters. The number of methoxy groups -OCH3 is 1. The van der Waals surface area contributed by atoms with E-state index in [1.54, 1.807) is 6.07 Å². The second-order valence-corrected chi connectivity index (χ2v) is 5.87. The smallest absolute Gasteiger partial charge is 0.339 e. The first-order chi connectivity index (χ1) is 11.8. The predicted molar refractivity (Wildman–Crippen MR) is 89.3 cm³/mol. The van der Waals surface area contributed by atoms with E-state index in [1.165, 1.54) is 20.1 Å². The number of ether oxygens (including phenoxy) is 2. The molecule has 0 fully saturated rings. The molecule has 0 aliphatic carbocycles. The van der Waals surface area contributed by atoms with Gasteiger partial charge in [-0.1, -0.05) is 13.3 Å². The van der Waals surface area contributed by atoms with E-state index in [0.29, 0.717) is 12.2 Å². The Morgan fingerprint density at radius 3 is 2.84 bits per heavy atom. The maximum absolute atomic E-state index is 12.6. The lowest BCUT2D eigenvalue weighted by Gasteiger charge is -2.23. The lowest BCUT2D eigenvalue weighted by molar-refractivity contribution is -0.127. The van der Waals surface area contributed by atoms with E-state index in [4.69, 9.17) is 19.6 Å². The molecule has 1 aromatic rings. The van der Waals surface area contributed by atoms with Gasteiger partial charge in [-0.25, -0.2) is 9.79 Å². The Morgan fingerprint density at radius 1 is 1.56 bits per heavy atom. The minimum atomic E-state index is -1.64. The van der Waals surface area contributed by atoms with Gasteiger partial charge in [0.2, 0.25) is 11.6 Å². The first-order valence-corrected chi connectivity index (χ1v) is 7.98. The number of rotatable bonds is 7. The van der Waals surface area contributed by atoms with Gasteiger partial charge in [-0.05, 0) is 13.3 Å². The maximum atomic E-state index is 12.6. The molecule has 0 radical (unpaired) electrons. The van der Waals surface area contributed by atoms with Crippen LogP contribution in [0.5, 0.6) is 5.75 Å². The number of nitrogens with two attached hydrogens (primary N) is 1. The Morgan fingerprint density at radius 2 is 2.28 bits per heavy atom. The number of aliphatic hydroxyl groups is 1. The van der Waals surface area contributed by atoms with E-state index >= 15 is 0 Å². The molecule has 4 N–H and O–H groups in total. The van der Waals surface area contributed by atoms with Crippen molar-refractivity contribution in [2.24, 2.45) is 10.7 Å². The molecule has 1 aliphatic rings. The SMILES string of the molecule is CCC[C@@H](NC(=O)[C@]1(N)COC(C(C)O)=N1)c1cc(OC)cc(=O)o1. The summed E-state index contributed by atoms with van der Waals surface area (Å²) in [7, 11) is 1.43. The molecule has 138 valence electrons. The summed E-state index contributed by atoms with van der Waals surface area (Å²) in [5.74, 6) is 0.0224. The minimum Gasteiger partial charge on any atom is -0.496 e. The van der Waals surface area contributed by atoms with Gasteiger partial charge >= 0.3 is 5.63 Å². The summed E-state index contributed by atoms with van der Waals surface area (Å²) >= 11 is 0. The van der Waals surface area contributed by atoms with Crippen LogP contribution < -0.4 is 21.4 Å². The predicted octanol–water partition coefficient (Wildman–Crippen LogP) is 0.0703. The summed E-state index contributed by atoms with van der Waals surface area (Å²) in [5.41, 5.74) is 3.77. The average Bonchev–Trinajstić information content (AvgIpc) is 2.98. The summed E-state index contributed by atoms with van der Waals surface area (Å²) < 4.78 is 15.4. The number of nitrogens with zero attached hydrogens (tertiary/aromatic N) is 1. The van der Waals surface area contributed by atoms with Crippen molar-refractivity contribution in [1.82, 2.24) is 5.32 Å². The Labute approximate surface area is 144 Å². The molecule has 2 heterocycles. The minimum absolute atomic E-state index is 0.0117. The van der Waals surface area contributed by atoms with Crippen LogP contribution in [0.2, 0.25) is 0 Å². The van der Waals surface area contributed by atoms with Gasteiger partial charge in [-0.15, -0.1) is 0 Å². The normalized spacial score (nSPS) is 21.9. The van der Waals surface area contributed by atoms with E-state index in [1.807, 2.05) is 6.92 Å². The Balaban J connectivity index is 2.23. The van der Waals surface area contributed by atoms with Gasteiger partial charge < -0.3 is 24.3 Å². The summed E-state index contributed by atoms with van der Waals surface area (Å²) in [6.07, 6.45) is 0.287. The van der Waals surface area contributed by atoms with Crippen LogP contribution in [0.3, 0.4) is 0 Å². The van der Waals surface area contributed by atoms with Crippen molar-refractivity contribution in [3.63, 3.8) is 0 Å². The fourth-order valence-electron chi connectivity index (χ4n) is 2.40.